The number of benzene rings is 1. The second-order valence-corrected chi connectivity index (χ2v) is 4.69. The van der Waals surface area contributed by atoms with Crippen LogP contribution >= 0.6 is 0 Å². The van der Waals surface area contributed by atoms with E-state index in [1.807, 2.05) is 0 Å². The van der Waals surface area contributed by atoms with Gasteiger partial charge in [-0.25, -0.2) is 18.4 Å². The summed E-state index contributed by atoms with van der Waals surface area (Å²) in [5.41, 5.74) is 0.0286. The number of sulfonamides is 1. The predicted octanol–water partition coefficient (Wildman–Crippen LogP) is 0.519. The second-order valence-electron chi connectivity index (χ2n) is 3.13. The molecule has 0 aliphatic carbocycles. The summed E-state index contributed by atoms with van der Waals surface area (Å²) in [6.45, 7) is 1.83. The van der Waals surface area contributed by atoms with Crippen molar-refractivity contribution in [3.63, 3.8) is 0 Å². The molecule has 94 valence electrons. The van der Waals surface area contributed by atoms with Gasteiger partial charge in [0.05, 0.1) is 18.6 Å². The first-order valence-electron chi connectivity index (χ1n) is 4.78. The summed E-state index contributed by atoms with van der Waals surface area (Å²) in [5.74, 6) is -0.425. The first-order chi connectivity index (χ1) is 7.90. The van der Waals surface area contributed by atoms with Crippen molar-refractivity contribution in [3.05, 3.63) is 23.8 Å². The zero-order chi connectivity index (χ0) is 13.1. The molecule has 6 nitrogen and oxygen atoms in total. The molecule has 0 aliphatic rings. The van der Waals surface area contributed by atoms with Gasteiger partial charge >= 0.3 is 5.97 Å². The van der Waals surface area contributed by atoms with Crippen molar-refractivity contribution < 1.29 is 22.7 Å². The summed E-state index contributed by atoms with van der Waals surface area (Å²) in [6.07, 6.45) is 0. The van der Waals surface area contributed by atoms with Gasteiger partial charge in [-0.1, -0.05) is 0 Å². The van der Waals surface area contributed by atoms with Crippen LogP contribution in [0.4, 0.5) is 0 Å². The van der Waals surface area contributed by atoms with Gasteiger partial charge in [0, 0.05) is 0 Å². The van der Waals surface area contributed by atoms with Gasteiger partial charge in [0.25, 0.3) is 0 Å². The molecule has 2 N–H and O–H groups in total. The third kappa shape index (κ3) is 3.18. The van der Waals surface area contributed by atoms with Crippen LogP contribution in [-0.2, 0) is 14.8 Å². The molecular weight excluding hydrogens is 246 g/mol. The minimum atomic E-state index is -3.86. The molecule has 0 saturated carbocycles. The predicted molar refractivity (Wildman–Crippen MR) is 60.3 cm³/mol. The Balaban J connectivity index is 3.30. The normalized spacial score (nSPS) is 11.0. The molecule has 17 heavy (non-hydrogen) atoms. The SMILES string of the molecule is CCOC(=O)c1cc(S(N)(=O)=O)ccc1OC. The Hall–Kier alpha value is -1.60. The first kappa shape index (κ1) is 13.5. The van der Waals surface area contributed by atoms with Crippen molar-refractivity contribution in [1.82, 2.24) is 0 Å². The Morgan fingerprint density at radius 1 is 1.41 bits per heavy atom. The zero-order valence-electron chi connectivity index (χ0n) is 9.47. The standard InChI is InChI=1S/C10H13NO5S/c1-3-16-10(12)8-6-7(17(11,13)14)4-5-9(8)15-2/h4-6H,3H2,1-2H3,(H2,11,13,14). The van der Waals surface area contributed by atoms with Gasteiger partial charge in [-0.3, -0.25) is 0 Å². The lowest BCUT2D eigenvalue weighted by molar-refractivity contribution is 0.0522. The summed E-state index contributed by atoms with van der Waals surface area (Å²) < 4.78 is 32.0. The number of esters is 1. The summed E-state index contributed by atoms with van der Waals surface area (Å²) in [7, 11) is -2.49. The molecule has 0 atom stereocenters. The van der Waals surface area contributed by atoms with Crippen molar-refractivity contribution >= 4 is 16.0 Å². The molecular formula is C10H13NO5S. The number of hydrogen-bond donors (Lipinski definition) is 1. The van der Waals surface area contributed by atoms with E-state index in [-0.39, 0.29) is 22.8 Å². The number of ether oxygens (including phenoxy) is 2. The Bertz CT molecular complexity index is 523. The summed E-state index contributed by atoms with van der Waals surface area (Å²) in [4.78, 5) is 11.4. The molecule has 0 aromatic heterocycles. The van der Waals surface area contributed by atoms with Crippen LogP contribution in [0.3, 0.4) is 0 Å². The minimum Gasteiger partial charge on any atom is -0.496 e. The van der Waals surface area contributed by atoms with E-state index in [4.69, 9.17) is 14.6 Å². The van der Waals surface area contributed by atoms with E-state index < -0.39 is 16.0 Å². The van der Waals surface area contributed by atoms with Gasteiger partial charge in [-0.05, 0) is 25.1 Å². The third-order valence-electron chi connectivity index (χ3n) is 1.99. The van der Waals surface area contributed by atoms with Crippen molar-refractivity contribution in [2.75, 3.05) is 13.7 Å². The number of carbonyl (C=O) groups is 1. The van der Waals surface area contributed by atoms with Gasteiger partial charge < -0.3 is 9.47 Å². The molecule has 1 rings (SSSR count). The van der Waals surface area contributed by atoms with Crippen LogP contribution in [0.5, 0.6) is 5.75 Å². The summed E-state index contributed by atoms with van der Waals surface area (Å²) >= 11 is 0. The van der Waals surface area contributed by atoms with Gasteiger partial charge in [-0.2, -0.15) is 0 Å². The Kier molecular flexibility index (Phi) is 4.08. The Morgan fingerprint density at radius 2 is 2.06 bits per heavy atom. The van der Waals surface area contributed by atoms with E-state index in [1.165, 1.54) is 19.2 Å². The molecule has 1 aromatic rings. The maximum Gasteiger partial charge on any atom is 0.341 e. The largest absolute Gasteiger partial charge is 0.496 e. The van der Waals surface area contributed by atoms with Crippen molar-refractivity contribution in [2.24, 2.45) is 5.14 Å². The maximum atomic E-state index is 11.6. The molecule has 0 saturated heterocycles. The molecule has 1 aromatic carbocycles. The topological polar surface area (TPSA) is 95.7 Å². The van der Waals surface area contributed by atoms with Crippen molar-refractivity contribution in [3.8, 4) is 5.75 Å². The second kappa shape index (κ2) is 5.15. The molecule has 0 bridgehead atoms. The van der Waals surface area contributed by atoms with Crippen molar-refractivity contribution in [2.45, 2.75) is 11.8 Å². The highest BCUT2D eigenvalue weighted by atomic mass is 32.2. The van der Waals surface area contributed by atoms with E-state index in [0.29, 0.717) is 0 Å². The average Bonchev–Trinajstić information content (AvgIpc) is 2.27. The van der Waals surface area contributed by atoms with Crippen molar-refractivity contribution in [1.29, 1.82) is 0 Å². The molecule has 0 heterocycles. The third-order valence-corrected chi connectivity index (χ3v) is 2.91. The monoisotopic (exact) mass is 259 g/mol. The minimum absolute atomic E-state index is 0.0286. The quantitative estimate of drug-likeness (QED) is 0.795. The molecule has 0 aliphatic heterocycles. The summed E-state index contributed by atoms with van der Waals surface area (Å²) in [6, 6.07) is 3.75. The maximum absolute atomic E-state index is 11.6. The van der Waals surface area contributed by atoms with Crippen LogP contribution in [0.25, 0.3) is 0 Å². The zero-order valence-corrected chi connectivity index (χ0v) is 10.3. The lowest BCUT2D eigenvalue weighted by Gasteiger charge is -2.09. The molecule has 7 heteroatoms. The number of nitrogens with two attached hydrogens (primary N) is 1. The van der Waals surface area contributed by atoms with E-state index in [1.54, 1.807) is 6.92 Å². The number of carbonyl (C=O) groups excluding carboxylic acids is 1. The van der Waals surface area contributed by atoms with E-state index in [0.717, 1.165) is 6.07 Å². The van der Waals surface area contributed by atoms with Gasteiger partial charge in [-0.15, -0.1) is 0 Å². The fourth-order valence-electron chi connectivity index (χ4n) is 1.23. The van der Waals surface area contributed by atoms with Crippen LogP contribution in [0, 0.1) is 0 Å². The molecule has 0 unspecified atom stereocenters. The first-order valence-corrected chi connectivity index (χ1v) is 6.32. The lowest BCUT2D eigenvalue weighted by Crippen LogP contribution is -2.14. The van der Waals surface area contributed by atoms with Gasteiger partial charge in [0.1, 0.15) is 11.3 Å². The summed E-state index contributed by atoms with van der Waals surface area (Å²) in [5, 5.41) is 4.97. The van der Waals surface area contributed by atoms with Gasteiger partial charge in [0.15, 0.2) is 0 Å². The Labute approximate surface area is 99.4 Å². The highest BCUT2D eigenvalue weighted by Gasteiger charge is 2.17. The van der Waals surface area contributed by atoms with E-state index in [9.17, 15) is 13.2 Å². The number of hydrogen-bond acceptors (Lipinski definition) is 5. The van der Waals surface area contributed by atoms with E-state index >= 15 is 0 Å². The molecule has 0 amide bonds. The molecule has 0 radical (unpaired) electrons. The molecule has 0 spiro atoms. The highest BCUT2D eigenvalue weighted by Crippen LogP contribution is 2.22. The smallest absolute Gasteiger partial charge is 0.341 e. The van der Waals surface area contributed by atoms with Crippen LogP contribution in [0.1, 0.15) is 17.3 Å². The van der Waals surface area contributed by atoms with Crippen LogP contribution in [0.15, 0.2) is 23.1 Å². The highest BCUT2D eigenvalue weighted by molar-refractivity contribution is 7.89. The van der Waals surface area contributed by atoms with Crippen LogP contribution in [0.2, 0.25) is 0 Å². The number of primary sulfonamides is 1. The average molecular weight is 259 g/mol. The fraction of sp³-hybridized carbons (Fsp3) is 0.300. The fourth-order valence-corrected chi connectivity index (χ4v) is 1.77. The van der Waals surface area contributed by atoms with Crippen LogP contribution < -0.4 is 9.88 Å². The lowest BCUT2D eigenvalue weighted by atomic mass is 10.2. The number of methoxy groups -OCH3 is 1. The number of rotatable bonds is 4. The van der Waals surface area contributed by atoms with Crippen LogP contribution in [-0.4, -0.2) is 28.1 Å². The Morgan fingerprint density at radius 3 is 2.53 bits per heavy atom. The molecule has 0 fully saturated rings. The van der Waals surface area contributed by atoms with Gasteiger partial charge in [0.2, 0.25) is 10.0 Å². The van der Waals surface area contributed by atoms with E-state index in [2.05, 4.69) is 0 Å².